The Bertz CT molecular complexity index is 408. The lowest BCUT2D eigenvalue weighted by atomic mass is 10.4. The highest BCUT2D eigenvalue weighted by atomic mass is 35.5. The van der Waals surface area contributed by atoms with Gasteiger partial charge in [0.1, 0.15) is 9.34 Å². The third kappa shape index (κ3) is 1.98. The first-order chi connectivity index (χ1) is 6.81. The quantitative estimate of drug-likeness (QED) is 0.897. The topological polar surface area (TPSA) is 24.9 Å². The van der Waals surface area contributed by atoms with E-state index in [9.17, 15) is 0 Å². The number of hydrogen-bond acceptors (Lipinski definition) is 4. The van der Waals surface area contributed by atoms with Crippen LogP contribution in [-0.2, 0) is 6.54 Å². The zero-order valence-corrected chi connectivity index (χ0v) is 9.97. The molecule has 14 heavy (non-hydrogen) atoms. The van der Waals surface area contributed by atoms with Gasteiger partial charge in [-0.15, -0.1) is 22.7 Å². The average molecular weight is 245 g/mol. The van der Waals surface area contributed by atoms with Crippen LogP contribution >= 0.6 is 34.3 Å². The van der Waals surface area contributed by atoms with Gasteiger partial charge >= 0.3 is 0 Å². The summed E-state index contributed by atoms with van der Waals surface area (Å²) in [4.78, 5) is 5.66. The largest absolute Gasteiger partial charge is 0.314 e. The normalized spacial score (nSPS) is 10.7. The monoisotopic (exact) mass is 244 g/mol. The molecule has 2 heterocycles. The van der Waals surface area contributed by atoms with E-state index in [2.05, 4.69) is 16.4 Å². The molecule has 2 nitrogen and oxygen atoms in total. The molecule has 0 amide bonds. The fraction of sp³-hybridized carbons (Fsp3) is 0.222. The van der Waals surface area contributed by atoms with Crippen molar-refractivity contribution in [3.63, 3.8) is 0 Å². The summed E-state index contributed by atoms with van der Waals surface area (Å²) < 4.78 is 0.780. The van der Waals surface area contributed by atoms with Crippen molar-refractivity contribution in [1.82, 2.24) is 10.3 Å². The zero-order chi connectivity index (χ0) is 9.97. The molecular formula is C9H9ClN2S2. The first kappa shape index (κ1) is 10.1. The van der Waals surface area contributed by atoms with E-state index in [-0.39, 0.29) is 0 Å². The number of thiazole rings is 1. The molecule has 0 aromatic carbocycles. The number of nitrogens with one attached hydrogen (secondary N) is 1. The van der Waals surface area contributed by atoms with Gasteiger partial charge in [-0.2, -0.15) is 0 Å². The number of halogens is 1. The first-order valence-corrected chi connectivity index (χ1v) is 6.22. The minimum atomic E-state index is 0.723. The van der Waals surface area contributed by atoms with Crippen LogP contribution in [-0.4, -0.2) is 12.0 Å². The number of aromatic nitrogens is 1. The smallest absolute Gasteiger partial charge is 0.135 e. The molecule has 0 aliphatic carbocycles. The van der Waals surface area contributed by atoms with E-state index in [0.29, 0.717) is 0 Å². The van der Waals surface area contributed by atoms with Crippen LogP contribution in [0.4, 0.5) is 0 Å². The molecule has 0 spiro atoms. The molecule has 0 atom stereocenters. The summed E-state index contributed by atoms with van der Waals surface area (Å²) in [5.74, 6) is 0. The molecule has 5 heteroatoms. The molecule has 74 valence electrons. The molecule has 0 radical (unpaired) electrons. The second-order valence-electron chi connectivity index (χ2n) is 2.75. The van der Waals surface area contributed by atoms with Gasteiger partial charge in [-0.3, -0.25) is 0 Å². The fourth-order valence-corrected chi connectivity index (χ4v) is 3.05. The Labute approximate surface area is 95.6 Å². The van der Waals surface area contributed by atoms with Gasteiger partial charge in [-0.1, -0.05) is 17.7 Å². The van der Waals surface area contributed by atoms with E-state index in [1.807, 2.05) is 18.5 Å². The van der Waals surface area contributed by atoms with Crippen molar-refractivity contribution in [3.8, 4) is 9.88 Å². The van der Waals surface area contributed by atoms with Gasteiger partial charge in [0.2, 0.25) is 0 Å². The van der Waals surface area contributed by atoms with Gasteiger partial charge in [-0.25, -0.2) is 4.98 Å². The van der Waals surface area contributed by atoms with Gasteiger partial charge in [-0.05, 0) is 18.5 Å². The molecule has 0 bridgehead atoms. The van der Waals surface area contributed by atoms with E-state index in [0.717, 1.165) is 21.6 Å². The van der Waals surface area contributed by atoms with Gasteiger partial charge in [0.05, 0.1) is 10.6 Å². The van der Waals surface area contributed by atoms with E-state index in [4.69, 9.17) is 11.6 Å². The maximum absolute atomic E-state index is 6.06. The molecule has 2 aromatic rings. The summed E-state index contributed by atoms with van der Waals surface area (Å²) in [5.41, 5.74) is 0.933. The van der Waals surface area contributed by atoms with Crippen LogP contribution in [0.2, 0.25) is 4.34 Å². The number of nitrogens with zero attached hydrogens (tertiary/aromatic N) is 1. The van der Waals surface area contributed by atoms with E-state index in [1.165, 1.54) is 16.2 Å². The molecule has 2 aromatic heterocycles. The lowest BCUT2D eigenvalue weighted by Crippen LogP contribution is -2.05. The van der Waals surface area contributed by atoms with Crippen molar-refractivity contribution in [2.45, 2.75) is 6.54 Å². The predicted molar refractivity (Wildman–Crippen MR) is 63.2 cm³/mol. The summed E-state index contributed by atoms with van der Waals surface area (Å²) in [7, 11) is 1.89. The van der Waals surface area contributed by atoms with Crippen molar-refractivity contribution in [2.24, 2.45) is 0 Å². The van der Waals surface area contributed by atoms with Crippen molar-refractivity contribution < 1.29 is 0 Å². The Morgan fingerprint density at radius 3 is 3.07 bits per heavy atom. The SMILES string of the molecule is CNCc1nc(-c2cccs2)sc1Cl. The average Bonchev–Trinajstić information content (AvgIpc) is 2.76. The maximum atomic E-state index is 6.06. The summed E-state index contributed by atoms with van der Waals surface area (Å²) in [5, 5.41) is 6.10. The zero-order valence-electron chi connectivity index (χ0n) is 7.58. The third-order valence-electron chi connectivity index (χ3n) is 1.73. The van der Waals surface area contributed by atoms with Crippen LogP contribution in [0, 0.1) is 0 Å². The summed E-state index contributed by atoms with van der Waals surface area (Å²) in [6, 6.07) is 4.08. The second-order valence-corrected chi connectivity index (χ2v) is 5.30. The highest BCUT2D eigenvalue weighted by Crippen LogP contribution is 2.33. The van der Waals surface area contributed by atoms with E-state index >= 15 is 0 Å². The van der Waals surface area contributed by atoms with Crippen molar-refractivity contribution in [1.29, 1.82) is 0 Å². The Kier molecular flexibility index (Phi) is 3.18. The number of hydrogen-bond donors (Lipinski definition) is 1. The van der Waals surface area contributed by atoms with Crippen LogP contribution in [0.15, 0.2) is 17.5 Å². The minimum Gasteiger partial charge on any atom is -0.314 e. The molecule has 0 fully saturated rings. The second kappa shape index (κ2) is 4.40. The summed E-state index contributed by atoms with van der Waals surface area (Å²) in [6.45, 7) is 0.723. The minimum absolute atomic E-state index is 0.723. The third-order valence-corrected chi connectivity index (χ3v) is 4.10. The highest BCUT2D eigenvalue weighted by Gasteiger charge is 2.10. The van der Waals surface area contributed by atoms with Crippen molar-refractivity contribution in [2.75, 3.05) is 7.05 Å². The lowest BCUT2D eigenvalue weighted by Gasteiger charge is -1.92. The Hall–Kier alpha value is -0.420. The van der Waals surface area contributed by atoms with Gasteiger partial charge in [0.15, 0.2) is 0 Å². The summed E-state index contributed by atoms with van der Waals surface area (Å²) >= 11 is 9.28. The molecule has 0 saturated heterocycles. The first-order valence-electron chi connectivity index (χ1n) is 4.15. The molecule has 0 unspecified atom stereocenters. The number of rotatable bonds is 3. The maximum Gasteiger partial charge on any atom is 0.135 e. The Morgan fingerprint density at radius 1 is 1.57 bits per heavy atom. The predicted octanol–water partition coefficient (Wildman–Crippen LogP) is 3.24. The van der Waals surface area contributed by atoms with Crippen molar-refractivity contribution in [3.05, 3.63) is 27.5 Å². The van der Waals surface area contributed by atoms with Gasteiger partial charge in [0, 0.05) is 6.54 Å². The number of thiophene rings is 1. The van der Waals surface area contributed by atoms with Crippen LogP contribution in [0.5, 0.6) is 0 Å². The van der Waals surface area contributed by atoms with Crippen LogP contribution in [0.25, 0.3) is 9.88 Å². The highest BCUT2D eigenvalue weighted by molar-refractivity contribution is 7.23. The van der Waals surface area contributed by atoms with Crippen LogP contribution < -0.4 is 5.32 Å². The van der Waals surface area contributed by atoms with E-state index < -0.39 is 0 Å². The van der Waals surface area contributed by atoms with Crippen molar-refractivity contribution >= 4 is 34.3 Å². The molecule has 0 saturated carbocycles. The molecule has 1 N–H and O–H groups in total. The van der Waals surface area contributed by atoms with E-state index in [1.54, 1.807) is 11.3 Å². The molecule has 0 aliphatic heterocycles. The standard InChI is InChI=1S/C9H9ClN2S2/c1-11-5-6-8(10)14-9(12-6)7-3-2-4-13-7/h2-4,11H,5H2,1H3. The Morgan fingerprint density at radius 2 is 2.43 bits per heavy atom. The van der Waals surface area contributed by atoms with Gasteiger partial charge in [0.25, 0.3) is 0 Å². The fourth-order valence-electron chi connectivity index (χ4n) is 1.12. The molecular weight excluding hydrogens is 236 g/mol. The van der Waals surface area contributed by atoms with Crippen LogP contribution in [0.1, 0.15) is 5.69 Å². The lowest BCUT2D eigenvalue weighted by molar-refractivity contribution is 0.798. The Balaban J connectivity index is 2.33. The molecule has 0 aliphatic rings. The van der Waals surface area contributed by atoms with Crippen LogP contribution in [0.3, 0.4) is 0 Å². The molecule has 2 rings (SSSR count). The summed E-state index contributed by atoms with van der Waals surface area (Å²) in [6.07, 6.45) is 0. The van der Waals surface area contributed by atoms with Gasteiger partial charge < -0.3 is 5.32 Å².